The van der Waals surface area contributed by atoms with Crippen LogP contribution in [0.3, 0.4) is 0 Å². The van der Waals surface area contributed by atoms with Crippen molar-refractivity contribution in [2.75, 3.05) is 7.11 Å². The maximum absolute atomic E-state index is 12.2. The number of phenolic OH excluding ortho intramolecular Hbond substituents is 1. The smallest absolute Gasteiger partial charge is 0.255 e. The van der Waals surface area contributed by atoms with E-state index in [1.807, 2.05) is 0 Å². The van der Waals surface area contributed by atoms with Crippen molar-refractivity contribution in [2.24, 2.45) is 5.92 Å². The number of benzene rings is 1. The van der Waals surface area contributed by atoms with Crippen molar-refractivity contribution >= 4 is 5.91 Å². The lowest BCUT2D eigenvalue weighted by atomic mass is 9.87. The Kier molecular flexibility index (Phi) is 4.30. The molecule has 1 aliphatic carbocycles. The van der Waals surface area contributed by atoms with Gasteiger partial charge in [0.1, 0.15) is 0 Å². The summed E-state index contributed by atoms with van der Waals surface area (Å²) in [5.74, 6) is 0.755. The van der Waals surface area contributed by atoms with Crippen LogP contribution in [0.2, 0.25) is 0 Å². The molecular formula is C15H21NO3. The second kappa shape index (κ2) is 5.95. The van der Waals surface area contributed by atoms with Gasteiger partial charge in [0.2, 0.25) is 0 Å². The van der Waals surface area contributed by atoms with Crippen LogP contribution in [0, 0.1) is 5.92 Å². The predicted molar refractivity (Wildman–Crippen MR) is 73.5 cm³/mol. The van der Waals surface area contributed by atoms with Gasteiger partial charge in [0.15, 0.2) is 11.5 Å². The molecule has 0 saturated heterocycles. The topological polar surface area (TPSA) is 58.6 Å². The molecule has 1 aromatic rings. The number of hydrogen-bond donors (Lipinski definition) is 2. The molecule has 0 aromatic heterocycles. The maximum Gasteiger partial charge on any atom is 0.255 e. The minimum Gasteiger partial charge on any atom is -0.504 e. The SMILES string of the molecule is COc1cccc(C(=O)NC2CCC(C)CC2)c1O. The van der Waals surface area contributed by atoms with Gasteiger partial charge in [0.25, 0.3) is 5.91 Å². The van der Waals surface area contributed by atoms with Crippen molar-refractivity contribution < 1.29 is 14.6 Å². The average Bonchev–Trinajstić information content (AvgIpc) is 2.41. The van der Waals surface area contributed by atoms with Gasteiger partial charge in [-0.1, -0.05) is 13.0 Å². The molecule has 4 heteroatoms. The molecule has 1 amide bonds. The van der Waals surface area contributed by atoms with Gasteiger partial charge in [-0.3, -0.25) is 4.79 Å². The molecule has 1 saturated carbocycles. The van der Waals surface area contributed by atoms with E-state index in [2.05, 4.69) is 12.2 Å². The average molecular weight is 263 g/mol. The fourth-order valence-corrected chi connectivity index (χ4v) is 2.54. The van der Waals surface area contributed by atoms with E-state index in [0.717, 1.165) is 31.6 Å². The molecule has 1 aromatic carbocycles. The van der Waals surface area contributed by atoms with Crippen molar-refractivity contribution in [3.8, 4) is 11.5 Å². The molecular weight excluding hydrogens is 242 g/mol. The van der Waals surface area contributed by atoms with Crippen molar-refractivity contribution in [3.05, 3.63) is 23.8 Å². The summed E-state index contributed by atoms with van der Waals surface area (Å²) in [6.45, 7) is 2.24. The van der Waals surface area contributed by atoms with Gasteiger partial charge in [0, 0.05) is 6.04 Å². The number of phenols is 1. The molecule has 0 bridgehead atoms. The van der Waals surface area contributed by atoms with E-state index < -0.39 is 0 Å². The van der Waals surface area contributed by atoms with E-state index in [4.69, 9.17) is 4.74 Å². The number of carbonyl (C=O) groups is 1. The number of methoxy groups -OCH3 is 1. The summed E-state index contributed by atoms with van der Waals surface area (Å²) >= 11 is 0. The minimum atomic E-state index is -0.226. The molecule has 0 heterocycles. The zero-order valence-electron chi connectivity index (χ0n) is 11.5. The Morgan fingerprint density at radius 1 is 1.32 bits per heavy atom. The van der Waals surface area contributed by atoms with Crippen LogP contribution in [-0.2, 0) is 0 Å². The number of carbonyl (C=O) groups excluding carboxylic acids is 1. The van der Waals surface area contributed by atoms with E-state index in [-0.39, 0.29) is 23.3 Å². The molecule has 1 aliphatic rings. The Morgan fingerprint density at radius 3 is 2.63 bits per heavy atom. The van der Waals surface area contributed by atoms with E-state index in [1.165, 1.54) is 7.11 Å². The van der Waals surface area contributed by atoms with E-state index in [1.54, 1.807) is 18.2 Å². The quantitative estimate of drug-likeness (QED) is 0.881. The van der Waals surface area contributed by atoms with Gasteiger partial charge in [-0.25, -0.2) is 0 Å². The van der Waals surface area contributed by atoms with Gasteiger partial charge in [-0.2, -0.15) is 0 Å². The van der Waals surface area contributed by atoms with Crippen molar-refractivity contribution in [1.82, 2.24) is 5.32 Å². The highest BCUT2D eigenvalue weighted by atomic mass is 16.5. The lowest BCUT2D eigenvalue weighted by molar-refractivity contribution is 0.0919. The lowest BCUT2D eigenvalue weighted by Gasteiger charge is -2.27. The van der Waals surface area contributed by atoms with Gasteiger partial charge in [0.05, 0.1) is 12.7 Å². The number of amides is 1. The van der Waals surface area contributed by atoms with Gasteiger partial charge < -0.3 is 15.2 Å². The number of rotatable bonds is 3. The Morgan fingerprint density at radius 2 is 2.00 bits per heavy atom. The molecule has 19 heavy (non-hydrogen) atoms. The summed E-state index contributed by atoms with van der Waals surface area (Å²) in [6, 6.07) is 5.16. The van der Waals surface area contributed by atoms with Crippen LogP contribution in [0.15, 0.2) is 18.2 Å². The third-order valence-corrected chi connectivity index (χ3v) is 3.81. The fourth-order valence-electron chi connectivity index (χ4n) is 2.54. The highest BCUT2D eigenvalue weighted by molar-refractivity contribution is 5.97. The van der Waals surface area contributed by atoms with Crippen molar-refractivity contribution in [3.63, 3.8) is 0 Å². The normalized spacial score (nSPS) is 22.8. The standard InChI is InChI=1S/C15H21NO3/c1-10-6-8-11(9-7-10)16-15(18)12-4-3-5-13(19-2)14(12)17/h3-5,10-11,17H,6-9H2,1-2H3,(H,16,18). The second-order valence-corrected chi connectivity index (χ2v) is 5.29. The number of para-hydroxylation sites is 1. The van der Waals surface area contributed by atoms with Gasteiger partial charge in [-0.05, 0) is 43.7 Å². The van der Waals surface area contributed by atoms with Gasteiger partial charge in [-0.15, -0.1) is 0 Å². The van der Waals surface area contributed by atoms with Crippen molar-refractivity contribution in [1.29, 1.82) is 0 Å². The molecule has 2 N–H and O–H groups in total. The second-order valence-electron chi connectivity index (χ2n) is 5.29. The fraction of sp³-hybridized carbons (Fsp3) is 0.533. The largest absolute Gasteiger partial charge is 0.504 e. The summed E-state index contributed by atoms with van der Waals surface area (Å²) in [4.78, 5) is 12.2. The molecule has 0 radical (unpaired) electrons. The molecule has 104 valence electrons. The molecule has 0 aliphatic heterocycles. The third-order valence-electron chi connectivity index (χ3n) is 3.81. The van der Waals surface area contributed by atoms with Crippen LogP contribution < -0.4 is 10.1 Å². The Bertz CT molecular complexity index is 451. The minimum absolute atomic E-state index is 0.0910. The first-order chi connectivity index (χ1) is 9.11. The number of aromatic hydroxyl groups is 1. The maximum atomic E-state index is 12.2. The van der Waals surface area contributed by atoms with Crippen LogP contribution in [0.25, 0.3) is 0 Å². The summed E-state index contributed by atoms with van der Waals surface area (Å²) in [5.41, 5.74) is 0.276. The molecule has 0 atom stereocenters. The molecule has 0 unspecified atom stereocenters. The highest BCUT2D eigenvalue weighted by Gasteiger charge is 2.22. The zero-order chi connectivity index (χ0) is 13.8. The van der Waals surface area contributed by atoms with Crippen LogP contribution >= 0.6 is 0 Å². The molecule has 4 nitrogen and oxygen atoms in total. The summed E-state index contributed by atoms with van der Waals surface area (Å²) in [5, 5.41) is 12.9. The van der Waals surface area contributed by atoms with E-state index >= 15 is 0 Å². The van der Waals surface area contributed by atoms with Gasteiger partial charge >= 0.3 is 0 Å². The number of ether oxygens (including phenoxy) is 1. The van der Waals surface area contributed by atoms with Crippen molar-refractivity contribution in [2.45, 2.75) is 38.6 Å². The van der Waals surface area contributed by atoms with Crippen LogP contribution in [0.1, 0.15) is 43.0 Å². The van der Waals surface area contributed by atoms with E-state index in [0.29, 0.717) is 5.75 Å². The molecule has 0 spiro atoms. The van der Waals surface area contributed by atoms with Crippen LogP contribution in [0.4, 0.5) is 0 Å². The summed E-state index contributed by atoms with van der Waals surface area (Å²) in [7, 11) is 1.47. The Balaban J connectivity index is 2.04. The highest BCUT2D eigenvalue weighted by Crippen LogP contribution is 2.30. The van der Waals surface area contributed by atoms with Crippen LogP contribution in [0.5, 0.6) is 11.5 Å². The number of hydrogen-bond acceptors (Lipinski definition) is 3. The molecule has 2 rings (SSSR count). The first-order valence-corrected chi connectivity index (χ1v) is 6.78. The zero-order valence-corrected chi connectivity index (χ0v) is 11.5. The Hall–Kier alpha value is -1.71. The lowest BCUT2D eigenvalue weighted by Crippen LogP contribution is -2.37. The van der Waals surface area contributed by atoms with Crippen LogP contribution in [-0.4, -0.2) is 24.2 Å². The Labute approximate surface area is 113 Å². The monoisotopic (exact) mass is 263 g/mol. The predicted octanol–water partition coefficient (Wildman–Crippen LogP) is 2.71. The summed E-state index contributed by atoms with van der Waals surface area (Å²) < 4.78 is 5.01. The third kappa shape index (κ3) is 3.19. The first-order valence-electron chi connectivity index (χ1n) is 6.78. The molecule has 1 fully saturated rings. The van der Waals surface area contributed by atoms with E-state index in [9.17, 15) is 9.90 Å². The summed E-state index contributed by atoms with van der Waals surface area (Å²) in [6.07, 6.45) is 4.32. The first kappa shape index (κ1) is 13.7. The number of nitrogens with one attached hydrogen (secondary N) is 1.